The van der Waals surface area contributed by atoms with E-state index in [0.29, 0.717) is 0 Å². The zero-order valence-electron chi connectivity index (χ0n) is 14.3. The Morgan fingerprint density at radius 3 is 1.39 bits per heavy atom. The molecule has 23 heavy (non-hydrogen) atoms. The minimum Gasteiger partial charge on any atom is -0.480 e. The first kappa shape index (κ1) is 24.7. The molecule has 0 aliphatic rings. The van der Waals surface area contributed by atoms with Crippen LogP contribution in [0, 0.1) is 0 Å². The molecule has 0 aromatic heterocycles. The zero-order chi connectivity index (χ0) is 17.3. The lowest BCUT2D eigenvalue weighted by Crippen LogP contribution is -2.23. The first-order valence-corrected chi connectivity index (χ1v) is 13.2. The van der Waals surface area contributed by atoms with E-state index in [1.165, 1.54) is 87.9 Å². The Hall–Kier alpha value is 1.66. The molecular weight excluding hydrogens is 629 g/mol. The second-order valence-corrected chi connectivity index (χ2v) is 10.4. The van der Waals surface area contributed by atoms with Gasteiger partial charge in [0, 0.05) is 3.92 Å². The van der Waals surface area contributed by atoms with Crippen molar-refractivity contribution in [3.8, 4) is 0 Å². The fourth-order valence-electron chi connectivity index (χ4n) is 2.68. The number of carbonyl (C=O) groups is 1. The van der Waals surface area contributed by atoms with E-state index in [0.717, 1.165) is 6.42 Å². The van der Waals surface area contributed by atoms with Crippen LogP contribution >= 0.6 is 67.8 Å². The van der Waals surface area contributed by atoms with Crippen molar-refractivity contribution in [1.82, 2.24) is 0 Å². The minimum absolute atomic E-state index is 0.241. The summed E-state index contributed by atoms with van der Waals surface area (Å²) in [5.41, 5.74) is 0. The molecule has 5 heteroatoms. The molecule has 138 valence electrons. The zero-order valence-corrected chi connectivity index (χ0v) is 20.7. The van der Waals surface area contributed by atoms with Crippen molar-refractivity contribution in [3.05, 3.63) is 0 Å². The highest BCUT2D eigenvalue weighted by Gasteiger charge is 2.21. The van der Waals surface area contributed by atoms with Gasteiger partial charge in [-0.1, -0.05) is 145 Å². The molecule has 2 nitrogen and oxygen atoms in total. The van der Waals surface area contributed by atoms with E-state index in [4.69, 9.17) is 5.11 Å². The fraction of sp³-hybridized carbons (Fsp3) is 0.944. The van der Waals surface area contributed by atoms with Crippen molar-refractivity contribution in [2.24, 2.45) is 0 Å². The summed E-state index contributed by atoms with van der Waals surface area (Å²) in [6, 6.07) is 0. The standard InChI is InChI=1S/C18H33I3O2/c19-15-13-11-9-7-5-3-1-2-4-6-8-10-12-14-16(20)17(21)18(22)23/h16-17H,1-15H2,(H,22,23). The quantitative estimate of drug-likeness (QED) is 0.0992. The van der Waals surface area contributed by atoms with Gasteiger partial charge in [0.2, 0.25) is 0 Å². The topological polar surface area (TPSA) is 37.3 Å². The maximum Gasteiger partial charge on any atom is 0.317 e. The first-order valence-electron chi connectivity index (χ1n) is 9.16. The molecule has 0 saturated heterocycles. The molecule has 1 N–H and O–H groups in total. The van der Waals surface area contributed by atoms with Crippen molar-refractivity contribution in [2.45, 2.75) is 97.7 Å². The normalized spacial score (nSPS) is 13.9. The van der Waals surface area contributed by atoms with Gasteiger partial charge in [-0.15, -0.1) is 0 Å². The van der Waals surface area contributed by atoms with E-state index in [1.807, 2.05) is 22.6 Å². The molecule has 0 rings (SSSR count). The highest BCUT2D eigenvalue weighted by atomic mass is 127. The lowest BCUT2D eigenvalue weighted by molar-refractivity contribution is -0.135. The summed E-state index contributed by atoms with van der Waals surface area (Å²) in [6.07, 6.45) is 18.9. The molecule has 2 atom stereocenters. The van der Waals surface area contributed by atoms with Crippen LogP contribution in [-0.2, 0) is 4.79 Å². The predicted octanol–water partition coefficient (Wildman–Crippen LogP) is 7.57. The predicted molar refractivity (Wildman–Crippen MR) is 127 cm³/mol. The molecule has 0 aromatic rings. The number of halogens is 3. The van der Waals surface area contributed by atoms with Crippen molar-refractivity contribution in [3.63, 3.8) is 0 Å². The van der Waals surface area contributed by atoms with Gasteiger partial charge in [0.05, 0.1) is 0 Å². The Balaban J connectivity index is 3.18. The molecule has 0 aromatic carbocycles. The molecule has 0 heterocycles. The summed E-state index contributed by atoms with van der Waals surface area (Å²) in [5, 5.41) is 8.96. The lowest BCUT2D eigenvalue weighted by atomic mass is 10.0. The molecule has 0 bridgehead atoms. The molecule has 0 aliphatic carbocycles. The van der Waals surface area contributed by atoms with Crippen LogP contribution in [0.25, 0.3) is 0 Å². The molecule has 0 spiro atoms. The molecule has 0 aliphatic heterocycles. The number of aliphatic carboxylic acids is 1. The Morgan fingerprint density at radius 2 is 1.04 bits per heavy atom. The van der Waals surface area contributed by atoms with Crippen LogP contribution in [0.3, 0.4) is 0 Å². The van der Waals surface area contributed by atoms with Crippen molar-refractivity contribution >= 4 is 73.7 Å². The van der Waals surface area contributed by atoms with Gasteiger partial charge in [-0.05, 0) is 17.3 Å². The summed E-state index contributed by atoms with van der Waals surface area (Å²) in [6.45, 7) is 0. The lowest BCUT2D eigenvalue weighted by Gasteiger charge is -2.12. The largest absolute Gasteiger partial charge is 0.480 e. The Labute approximate surface area is 184 Å². The van der Waals surface area contributed by atoms with E-state index in [9.17, 15) is 4.79 Å². The number of hydrogen-bond acceptors (Lipinski definition) is 1. The number of carboxylic acids is 1. The van der Waals surface area contributed by atoms with Crippen LogP contribution in [0.5, 0.6) is 0 Å². The van der Waals surface area contributed by atoms with E-state index in [-0.39, 0.29) is 7.85 Å². The highest BCUT2D eigenvalue weighted by Crippen LogP contribution is 2.22. The van der Waals surface area contributed by atoms with Crippen LogP contribution in [0.4, 0.5) is 0 Å². The van der Waals surface area contributed by atoms with Gasteiger partial charge in [0.1, 0.15) is 3.92 Å². The van der Waals surface area contributed by atoms with Crippen molar-refractivity contribution in [2.75, 3.05) is 4.43 Å². The second-order valence-electron chi connectivity index (χ2n) is 6.33. The van der Waals surface area contributed by atoms with Crippen LogP contribution < -0.4 is 0 Å². The second kappa shape index (κ2) is 18.5. The maximum absolute atomic E-state index is 10.9. The van der Waals surface area contributed by atoms with Gasteiger partial charge in [-0.25, -0.2) is 0 Å². The number of hydrogen-bond donors (Lipinski definition) is 1. The van der Waals surface area contributed by atoms with Gasteiger partial charge in [-0.2, -0.15) is 0 Å². The third kappa shape index (κ3) is 16.9. The monoisotopic (exact) mass is 662 g/mol. The smallest absolute Gasteiger partial charge is 0.317 e. The van der Waals surface area contributed by atoms with Crippen LogP contribution in [-0.4, -0.2) is 23.4 Å². The van der Waals surface area contributed by atoms with Crippen LogP contribution in [0.2, 0.25) is 0 Å². The minimum atomic E-state index is -0.671. The van der Waals surface area contributed by atoms with Crippen LogP contribution in [0.15, 0.2) is 0 Å². The molecule has 0 fully saturated rings. The number of alkyl halides is 3. The van der Waals surface area contributed by atoms with Gasteiger partial charge < -0.3 is 5.11 Å². The van der Waals surface area contributed by atoms with E-state index >= 15 is 0 Å². The molecule has 0 radical (unpaired) electrons. The summed E-state index contributed by atoms with van der Waals surface area (Å²) < 4.78 is 1.34. The molecule has 2 unspecified atom stereocenters. The number of rotatable bonds is 17. The summed E-state index contributed by atoms with van der Waals surface area (Å²) >= 11 is 6.81. The summed E-state index contributed by atoms with van der Waals surface area (Å²) in [7, 11) is 0. The third-order valence-electron chi connectivity index (χ3n) is 4.17. The molecule has 0 saturated carbocycles. The maximum atomic E-state index is 10.9. The van der Waals surface area contributed by atoms with Crippen molar-refractivity contribution < 1.29 is 9.90 Å². The molecule has 0 amide bonds. The van der Waals surface area contributed by atoms with Gasteiger partial charge in [0.25, 0.3) is 0 Å². The average Bonchev–Trinajstić information content (AvgIpc) is 2.54. The summed E-state index contributed by atoms with van der Waals surface area (Å²) in [4.78, 5) is 10.9. The van der Waals surface area contributed by atoms with Gasteiger partial charge in [0.15, 0.2) is 0 Å². The summed E-state index contributed by atoms with van der Waals surface area (Å²) in [5.74, 6) is -0.671. The van der Waals surface area contributed by atoms with Gasteiger partial charge >= 0.3 is 5.97 Å². The third-order valence-corrected chi connectivity index (χ3v) is 9.05. The van der Waals surface area contributed by atoms with Crippen molar-refractivity contribution in [1.29, 1.82) is 0 Å². The van der Waals surface area contributed by atoms with Gasteiger partial charge in [-0.3, -0.25) is 4.79 Å². The number of carboxylic acid groups (broad SMARTS) is 1. The first-order chi connectivity index (χ1) is 11.1. The Bertz CT molecular complexity index is 275. The SMILES string of the molecule is O=C(O)C(I)C(I)CCCCCCCCCCCCCCCI. The Morgan fingerprint density at radius 1 is 0.696 bits per heavy atom. The number of unbranched alkanes of at least 4 members (excludes halogenated alkanes) is 12. The Kier molecular flexibility index (Phi) is 19.8. The highest BCUT2D eigenvalue weighted by molar-refractivity contribution is 14.1. The van der Waals surface area contributed by atoms with E-state index in [1.54, 1.807) is 0 Å². The average molecular weight is 662 g/mol. The fourth-order valence-corrected chi connectivity index (χ4v) is 4.33. The van der Waals surface area contributed by atoms with E-state index in [2.05, 4.69) is 45.2 Å². The van der Waals surface area contributed by atoms with Crippen LogP contribution in [0.1, 0.15) is 89.9 Å². The molecular formula is C18H33I3O2. The van der Waals surface area contributed by atoms with E-state index < -0.39 is 5.97 Å².